The fraction of sp³-hybridized carbons (Fsp3) is 0.120. The second kappa shape index (κ2) is 6.54. The molecule has 0 aliphatic carbocycles. The summed E-state index contributed by atoms with van der Waals surface area (Å²) in [7, 11) is 0. The molecule has 0 radical (unpaired) electrons. The molecule has 0 bridgehead atoms. The molecule has 3 nitrogen and oxygen atoms in total. The summed E-state index contributed by atoms with van der Waals surface area (Å²) in [6.45, 7) is 6.37. The van der Waals surface area contributed by atoms with Crippen LogP contribution in [0.25, 0.3) is 64.5 Å². The number of aromatic nitrogens is 3. The quantitative estimate of drug-likeness (QED) is 0.187. The Labute approximate surface area is 210 Å². The summed E-state index contributed by atoms with van der Waals surface area (Å²) in [5, 5.41) is 5.10. The zero-order valence-electron chi connectivity index (χ0n) is 17.8. The molecule has 0 unspecified atom stereocenters. The molecule has 0 atom stereocenters. The molecule has 8 heteroatoms. The molecule has 33 heavy (non-hydrogen) atoms. The summed E-state index contributed by atoms with van der Waals surface area (Å²) < 4.78 is 12.4. The molecular weight excluding hydrogens is 550 g/mol. The Morgan fingerprint density at radius 1 is 0.758 bits per heavy atom. The molecule has 0 fully saturated rings. The van der Waals surface area contributed by atoms with Crippen molar-refractivity contribution < 1.29 is 0 Å². The van der Waals surface area contributed by atoms with Crippen molar-refractivity contribution in [1.29, 1.82) is 0 Å². The molecule has 0 saturated heterocycles. The number of fused-ring (bicyclic) bond motifs is 10. The number of benzene rings is 2. The standard InChI is InChI=1S/C25H15N3S4Se/c1-10-4-6-13(7-5-10)28-18-14-9-17-15(19-23(33-17)22-25(32-19)27-12(3)30-22)8-16(14)31-20(18)21-24(28)26-11(2)29-21/h4-9H,1-3H3. The van der Waals surface area contributed by atoms with E-state index in [2.05, 4.69) is 61.7 Å². The number of thiophene rings is 2. The van der Waals surface area contributed by atoms with Crippen LogP contribution in [-0.2, 0) is 0 Å². The molecule has 6 aromatic heterocycles. The first-order valence-electron chi connectivity index (χ1n) is 10.6. The molecule has 0 spiro atoms. The Morgan fingerprint density at radius 3 is 2.39 bits per heavy atom. The van der Waals surface area contributed by atoms with Crippen LogP contribution in [0.4, 0.5) is 0 Å². The molecule has 0 aliphatic heterocycles. The van der Waals surface area contributed by atoms with Crippen molar-refractivity contribution in [3.63, 3.8) is 0 Å². The third kappa shape index (κ3) is 2.54. The van der Waals surface area contributed by atoms with Crippen molar-refractivity contribution in [2.45, 2.75) is 20.8 Å². The third-order valence-electron chi connectivity index (χ3n) is 6.18. The molecule has 0 saturated carbocycles. The first kappa shape index (κ1) is 19.3. The van der Waals surface area contributed by atoms with Gasteiger partial charge in [0.25, 0.3) is 0 Å². The van der Waals surface area contributed by atoms with Crippen LogP contribution in [0.1, 0.15) is 15.6 Å². The topological polar surface area (TPSA) is 30.7 Å². The summed E-state index contributed by atoms with van der Waals surface area (Å²) in [4.78, 5) is 10.9. The van der Waals surface area contributed by atoms with E-state index < -0.39 is 0 Å². The van der Waals surface area contributed by atoms with Gasteiger partial charge in [0.1, 0.15) is 0 Å². The van der Waals surface area contributed by atoms with Gasteiger partial charge in [-0.1, -0.05) is 0 Å². The Bertz CT molecular complexity index is 2060. The van der Waals surface area contributed by atoms with E-state index in [-0.39, 0.29) is 0 Å². The van der Waals surface area contributed by atoms with Crippen LogP contribution in [0.3, 0.4) is 0 Å². The predicted octanol–water partition coefficient (Wildman–Crippen LogP) is 8.41. The number of rotatable bonds is 1. The fourth-order valence-corrected chi connectivity index (χ4v) is 12.6. The van der Waals surface area contributed by atoms with Crippen LogP contribution in [0, 0.1) is 20.8 Å². The van der Waals surface area contributed by atoms with Gasteiger partial charge in [0.05, 0.1) is 0 Å². The monoisotopic (exact) mass is 565 g/mol. The Morgan fingerprint density at radius 2 is 1.55 bits per heavy atom. The predicted molar refractivity (Wildman–Crippen MR) is 149 cm³/mol. The number of hydrogen-bond acceptors (Lipinski definition) is 6. The van der Waals surface area contributed by atoms with Gasteiger partial charge in [-0.2, -0.15) is 0 Å². The van der Waals surface area contributed by atoms with Crippen molar-refractivity contribution in [2.75, 3.05) is 0 Å². The van der Waals surface area contributed by atoms with Crippen LogP contribution in [0.2, 0.25) is 0 Å². The van der Waals surface area contributed by atoms with E-state index in [4.69, 9.17) is 9.97 Å². The van der Waals surface area contributed by atoms with Gasteiger partial charge in [-0.25, -0.2) is 0 Å². The Hall–Kier alpha value is -2.06. The molecule has 0 aliphatic rings. The zero-order valence-corrected chi connectivity index (χ0v) is 22.8. The molecule has 8 rings (SSSR count). The van der Waals surface area contributed by atoms with Gasteiger partial charge in [-0.15, -0.1) is 0 Å². The number of nitrogens with zero attached hydrogens (tertiary/aromatic N) is 3. The van der Waals surface area contributed by atoms with E-state index in [0.717, 1.165) is 10.7 Å². The molecule has 160 valence electrons. The van der Waals surface area contributed by atoms with Crippen LogP contribution in [0.15, 0.2) is 36.4 Å². The minimum absolute atomic E-state index is 0.331. The van der Waals surface area contributed by atoms with Crippen LogP contribution >= 0.6 is 45.3 Å². The van der Waals surface area contributed by atoms with Gasteiger partial charge < -0.3 is 0 Å². The van der Waals surface area contributed by atoms with E-state index in [1.807, 2.05) is 45.3 Å². The molecule has 8 aromatic rings. The summed E-state index contributed by atoms with van der Waals surface area (Å²) in [5.41, 5.74) is 4.88. The van der Waals surface area contributed by atoms with Gasteiger partial charge in [0.2, 0.25) is 0 Å². The van der Waals surface area contributed by atoms with E-state index in [1.54, 1.807) is 4.26 Å². The second-order valence-electron chi connectivity index (χ2n) is 8.41. The maximum absolute atomic E-state index is 4.95. The Balaban J connectivity index is 1.52. The number of thiazole rings is 2. The first-order valence-corrected chi connectivity index (χ1v) is 15.6. The van der Waals surface area contributed by atoms with Crippen LogP contribution in [0.5, 0.6) is 0 Å². The average molecular weight is 565 g/mol. The first-order chi connectivity index (χ1) is 16.0. The van der Waals surface area contributed by atoms with Crippen LogP contribution in [-0.4, -0.2) is 29.0 Å². The SMILES string of the molecule is Cc1ccc(-n2c3nc(C)sc3c3sc4cc5c(cc4c32)[se]c2c3sc(C)nc3sc52)cc1. The van der Waals surface area contributed by atoms with Crippen molar-refractivity contribution in [3.8, 4) is 5.69 Å². The number of aryl methyl sites for hydroxylation is 3. The van der Waals surface area contributed by atoms with Gasteiger partial charge in [-0.3, -0.25) is 0 Å². The van der Waals surface area contributed by atoms with E-state index in [1.165, 1.54) is 65.1 Å². The van der Waals surface area contributed by atoms with E-state index in [9.17, 15) is 0 Å². The maximum atomic E-state index is 4.95. The van der Waals surface area contributed by atoms with E-state index >= 15 is 0 Å². The van der Waals surface area contributed by atoms with Gasteiger partial charge >= 0.3 is 212 Å². The normalized spacial score (nSPS) is 12.7. The number of hydrogen-bond donors (Lipinski definition) is 0. The third-order valence-corrected chi connectivity index (χ3v) is 13.7. The Kier molecular flexibility index (Phi) is 3.82. The van der Waals surface area contributed by atoms with Gasteiger partial charge in [0, 0.05) is 0 Å². The minimum atomic E-state index is 0.331. The van der Waals surface area contributed by atoms with Crippen molar-refractivity contribution in [2.24, 2.45) is 0 Å². The second-order valence-corrected chi connectivity index (χ2v) is 15.1. The molecule has 2 aromatic carbocycles. The molecule has 0 N–H and O–H groups in total. The summed E-state index contributed by atoms with van der Waals surface area (Å²) in [6, 6.07) is 13.8. The zero-order chi connectivity index (χ0) is 22.0. The van der Waals surface area contributed by atoms with Crippen molar-refractivity contribution >= 4 is 119 Å². The summed E-state index contributed by atoms with van der Waals surface area (Å²) >= 11 is 7.81. The summed E-state index contributed by atoms with van der Waals surface area (Å²) in [6.07, 6.45) is 0. The summed E-state index contributed by atoms with van der Waals surface area (Å²) in [5.74, 6) is 0. The molecule has 0 amide bonds. The van der Waals surface area contributed by atoms with Crippen LogP contribution < -0.4 is 0 Å². The van der Waals surface area contributed by atoms with Crippen molar-refractivity contribution in [1.82, 2.24) is 14.5 Å². The molecular formula is C25H15N3S4Se. The fourth-order valence-electron chi connectivity index (χ4n) is 4.76. The average Bonchev–Trinajstić information content (AvgIpc) is 3.58. The van der Waals surface area contributed by atoms with E-state index in [0.29, 0.717) is 14.5 Å². The van der Waals surface area contributed by atoms with Gasteiger partial charge in [0.15, 0.2) is 0 Å². The molecule has 6 heterocycles. The van der Waals surface area contributed by atoms with Crippen molar-refractivity contribution in [3.05, 3.63) is 52.0 Å². The van der Waals surface area contributed by atoms with Gasteiger partial charge in [-0.05, 0) is 0 Å².